The molecule has 0 fully saturated rings. The van der Waals surface area contributed by atoms with Crippen LogP contribution >= 0.6 is 11.6 Å². The lowest BCUT2D eigenvalue weighted by molar-refractivity contribution is 0.579. The molecular formula is C8H8ClFN2O2S. The largest absolute Gasteiger partial charge is 0.260 e. The summed E-state index contributed by atoms with van der Waals surface area (Å²) in [6.07, 6.45) is 1.96. The van der Waals surface area contributed by atoms with Crippen molar-refractivity contribution < 1.29 is 12.8 Å². The summed E-state index contributed by atoms with van der Waals surface area (Å²) in [6, 6.07) is 0.867. The van der Waals surface area contributed by atoms with E-state index in [1.165, 1.54) is 0 Å². The van der Waals surface area contributed by atoms with E-state index >= 15 is 0 Å². The van der Waals surface area contributed by atoms with Crippen LogP contribution in [0.25, 0.3) is 0 Å². The molecule has 1 aromatic heterocycles. The normalized spacial score (nSPS) is 11.3. The molecule has 0 aliphatic heterocycles. The number of pyridine rings is 1. The van der Waals surface area contributed by atoms with Gasteiger partial charge in [0.2, 0.25) is 10.0 Å². The average Bonchev–Trinajstić information content (AvgIpc) is 2.15. The number of hydrogen-bond donors (Lipinski definition) is 1. The van der Waals surface area contributed by atoms with Crippen LogP contribution in [-0.4, -0.2) is 19.9 Å². The van der Waals surface area contributed by atoms with E-state index in [2.05, 4.69) is 16.3 Å². The Kier molecular flexibility index (Phi) is 3.78. The third kappa shape index (κ3) is 3.58. The van der Waals surface area contributed by atoms with Crippen LogP contribution in [0.4, 0.5) is 4.39 Å². The van der Waals surface area contributed by atoms with E-state index in [1.54, 1.807) is 0 Å². The molecule has 0 atom stereocenters. The maximum Gasteiger partial charge on any atom is 0.242 e. The fourth-order valence-electron chi connectivity index (χ4n) is 0.796. The first-order valence-electron chi connectivity index (χ1n) is 3.85. The SMILES string of the molecule is C=C(Cl)CNS(=O)(=O)c1cncc(F)c1. The van der Waals surface area contributed by atoms with Crippen LogP contribution in [-0.2, 0) is 10.0 Å². The van der Waals surface area contributed by atoms with Crippen molar-refractivity contribution in [3.8, 4) is 0 Å². The van der Waals surface area contributed by atoms with Crippen molar-refractivity contribution in [3.05, 3.63) is 35.9 Å². The molecule has 0 radical (unpaired) electrons. The van der Waals surface area contributed by atoms with Gasteiger partial charge in [0.1, 0.15) is 10.7 Å². The molecule has 4 nitrogen and oxygen atoms in total. The van der Waals surface area contributed by atoms with Crippen molar-refractivity contribution in [3.63, 3.8) is 0 Å². The molecule has 15 heavy (non-hydrogen) atoms. The predicted octanol–water partition coefficient (Wildman–Crippen LogP) is 1.25. The van der Waals surface area contributed by atoms with E-state index in [1.807, 2.05) is 0 Å². The maximum absolute atomic E-state index is 12.7. The number of nitrogens with zero attached hydrogens (tertiary/aromatic N) is 1. The summed E-state index contributed by atoms with van der Waals surface area (Å²) in [5, 5.41) is 0.142. The Morgan fingerprint density at radius 3 is 2.80 bits per heavy atom. The topological polar surface area (TPSA) is 59.1 Å². The van der Waals surface area contributed by atoms with Crippen molar-refractivity contribution in [2.75, 3.05) is 6.54 Å². The first-order valence-corrected chi connectivity index (χ1v) is 5.71. The Morgan fingerprint density at radius 1 is 1.60 bits per heavy atom. The summed E-state index contributed by atoms with van der Waals surface area (Å²) in [7, 11) is -3.78. The van der Waals surface area contributed by atoms with E-state index < -0.39 is 15.8 Å². The molecule has 0 amide bonds. The monoisotopic (exact) mass is 250 g/mol. The van der Waals surface area contributed by atoms with E-state index in [4.69, 9.17) is 11.6 Å². The van der Waals surface area contributed by atoms with Gasteiger partial charge in [-0.05, 0) is 6.07 Å². The third-order valence-corrected chi connectivity index (χ3v) is 2.95. The van der Waals surface area contributed by atoms with Crippen LogP contribution in [0.3, 0.4) is 0 Å². The van der Waals surface area contributed by atoms with E-state index in [0.29, 0.717) is 0 Å². The second-order valence-corrected chi connectivity index (χ2v) is 4.98. The zero-order valence-electron chi connectivity index (χ0n) is 7.57. The minimum Gasteiger partial charge on any atom is -0.260 e. The van der Waals surface area contributed by atoms with Gasteiger partial charge in [-0.25, -0.2) is 17.5 Å². The highest BCUT2D eigenvalue weighted by Crippen LogP contribution is 2.08. The average molecular weight is 251 g/mol. The summed E-state index contributed by atoms with van der Waals surface area (Å²) < 4.78 is 37.8. The summed E-state index contributed by atoms with van der Waals surface area (Å²) >= 11 is 5.39. The van der Waals surface area contributed by atoms with Crippen molar-refractivity contribution >= 4 is 21.6 Å². The molecule has 1 N–H and O–H groups in total. The van der Waals surface area contributed by atoms with Crippen molar-refractivity contribution in [2.45, 2.75) is 4.90 Å². The number of aromatic nitrogens is 1. The van der Waals surface area contributed by atoms with Gasteiger partial charge in [-0.2, -0.15) is 0 Å². The lowest BCUT2D eigenvalue weighted by Crippen LogP contribution is -2.25. The molecule has 82 valence electrons. The fraction of sp³-hybridized carbons (Fsp3) is 0.125. The molecular weight excluding hydrogens is 243 g/mol. The number of halogens is 2. The lowest BCUT2D eigenvalue weighted by Gasteiger charge is -2.04. The first-order chi connectivity index (χ1) is 6.92. The van der Waals surface area contributed by atoms with Crippen molar-refractivity contribution in [1.82, 2.24) is 9.71 Å². The Morgan fingerprint density at radius 2 is 2.27 bits per heavy atom. The second-order valence-electron chi connectivity index (χ2n) is 2.68. The number of nitrogens with one attached hydrogen (secondary N) is 1. The van der Waals surface area contributed by atoms with Gasteiger partial charge in [-0.15, -0.1) is 0 Å². The highest BCUT2D eigenvalue weighted by Gasteiger charge is 2.14. The van der Waals surface area contributed by atoms with Crippen molar-refractivity contribution in [2.24, 2.45) is 0 Å². The summed E-state index contributed by atoms with van der Waals surface area (Å²) in [6.45, 7) is 3.21. The molecule has 1 rings (SSSR count). The zero-order valence-corrected chi connectivity index (χ0v) is 9.15. The van der Waals surface area contributed by atoms with Crippen LogP contribution in [0.15, 0.2) is 35.0 Å². The molecule has 0 aliphatic rings. The molecule has 0 spiro atoms. The standard InChI is InChI=1S/C8H8ClFN2O2S/c1-6(9)3-12-15(13,14)8-2-7(10)4-11-5-8/h2,4-5,12H,1,3H2. The van der Waals surface area contributed by atoms with Gasteiger partial charge in [-0.1, -0.05) is 18.2 Å². The van der Waals surface area contributed by atoms with Gasteiger partial charge in [0.25, 0.3) is 0 Å². The Hall–Kier alpha value is -0.980. The lowest BCUT2D eigenvalue weighted by atomic mass is 10.5. The van der Waals surface area contributed by atoms with Crippen LogP contribution in [0, 0.1) is 5.82 Å². The minimum absolute atomic E-state index is 0.111. The second kappa shape index (κ2) is 4.69. The van der Waals surface area contributed by atoms with E-state index in [-0.39, 0.29) is 16.5 Å². The fourth-order valence-corrected chi connectivity index (χ4v) is 1.94. The van der Waals surface area contributed by atoms with Crippen molar-refractivity contribution in [1.29, 1.82) is 0 Å². The molecule has 0 bridgehead atoms. The number of rotatable bonds is 4. The summed E-state index contributed by atoms with van der Waals surface area (Å²) in [4.78, 5) is 3.18. The molecule has 0 unspecified atom stereocenters. The number of sulfonamides is 1. The molecule has 0 saturated heterocycles. The maximum atomic E-state index is 12.7. The Labute approximate surface area is 91.8 Å². The first kappa shape index (κ1) is 12.1. The summed E-state index contributed by atoms with van der Waals surface area (Å²) in [5.74, 6) is -0.720. The third-order valence-electron chi connectivity index (χ3n) is 1.44. The Balaban J connectivity index is 2.91. The Bertz CT molecular complexity index is 475. The summed E-state index contributed by atoms with van der Waals surface area (Å²) in [5.41, 5.74) is 0. The number of hydrogen-bond acceptors (Lipinski definition) is 3. The highest BCUT2D eigenvalue weighted by molar-refractivity contribution is 7.89. The van der Waals surface area contributed by atoms with Gasteiger partial charge >= 0.3 is 0 Å². The quantitative estimate of drug-likeness (QED) is 0.875. The van der Waals surface area contributed by atoms with Gasteiger partial charge in [-0.3, -0.25) is 4.98 Å². The van der Waals surface area contributed by atoms with E-state index in [9.17, 15) is 12.8 Å². The van der Waals surface area contributed by atoms with Crippen LogP contribution in [0.5, 0.6) is 0 Å². The molecule has 7 heteroatoms. The minimum atomic E-state index is -3.78. The molecule has 1 heterocycles. The highest BCUT2D eigenvalue weighted by atomic mass is 35.5. The molecule has 0 saturated carbocycles. The smallest absolute Gasteiger partial charge is 0.242 e. The molecule has 0 aliphatic carbocycles. The van der Waals surface area contributed by atoms with Crippen LogP contribution in [0.1, 0.15) is 0 Å². The van der Waals surface area contributed by atoms with Gasteiger partial charge in [0.15, 0.2) is 0 Å². The van der Waals surface area contributed by atoms with Crippen LogP contribution in [0.2, 0.25) is 0 Å². The zero-order chi connectivity index (χ0) is 11.5. The predicted molar refractivity (Wildman–Crippen MR) is 54.4 cm³/mol. The van der Waals surface area contributed by atoms with E-state index in [0.717, 1.165) is 18.5 Å². The van der Waals surface area contributed by atoms with Gasteiger partial charge in [0, 0.05) is 17.8 Å². The van der Waals surface area contributed by atoms with Gasteiger partial charge < -0.3 is 0 Å². The molecule has 1 aromatic rings. The van der Waals surface area contributed by atoms with Crippen LogP contribution < -0.4 is 4.72 Å². The van der Waals surface area contributed by atoms with Gasteiger partial charge in [0.05, 0.1) is 6.20 Å². The molecule has 0 aromatic carbocycles.